The van der Waals surface area contributed by atoms with Gasteiger partial charge in [0.1, 0.15) is 0 Å². The van der Waals surface area contributed by atoms with Gasteiger partial charge in [-0.2, -0.15) is 0 Å². The number of rotatable bonds is 1. The molecule has 1 aliphatic carbocycles. The standard InChI is InChI=1S/C13H9.C2H6Si.2ClH.Ti/c1-3-7-12-10(5-1)9-11-6-2-4-8-13(11)12;1-3-2;;;/h1-5,7-8H,9H2;1-2H3;2*1H;/q;;;;+2/p-2. The number of hydrogen-bond donors (Lipinski definition) is 0. The van der Waals surface area contributed by atoms with Gasteiger partial charge in [0.15, 0.2) is 0 Å². The van der Waals surface area contributed by atoms with Gasteiger partial charge in [-0.25, -0.2) is 0 Å². The van der Waals surface area contributed by atoms with Crippen LogP contribution >= 0.6 is 0 Å². The van der Waals surface area contributed by atoms with Crippen LogP contribution in [0, 0.1) is 0 Å². The summed E-state index contributed by atoms with van der Waals surface area (Å²) in [5, 5.41) is 0. The van der Waals surface area contributed by atoms with Crippen molar-refractivity contribution in [1.29, 1.82) is 0 Å². The molecule has 0 aromatic heterocycles. The van der Waals surface area contributed by atoms with E-state index in [1.807, 2.05) is 0 Å². The molecule has 4 heteroatoms. The van der Waals surface area contributed by atoms with Crippen LogP contribution in [0.5, 0.6) is 0 Å². The monoisotopic (exact) mass is 341 g/mol. The molecule has 0 nitrogen and oxygen atoms in total. The summed E-state index contributed by atoms with van der Waals surface area (Å²) in [4.78, 5) is 0. The molecule has 0 saturated carbocycles. The van der Waals surface area contributed by atoms with Crippen LogP contribution in [0.3, 0.4) is 0 Å². The minimum absolute atomic E-state index is 0. The van der Waals surface area contributed by atoms with Crippen molar-refractivity contribution in [3.05, 3.63) is 53.6 Å². The number of fused-ring (bicyclic) bond motifs is 3. The summed E-state index contributed by atoms with van der Waals surface area (Å²) >= 11 is 0.119. The second-order valence-electron chi connectivity index (χ2n) is 4.79. The van der Waals surface area contributed by atoms with E-state index < -0.39 is 0 Å². The number of hydrogen-bond acceptors (Lipinski definition) is 0. The zero-order valence-electron chi connectivity index (χ0n) is 11.0. The maximum absolute atomic E-state index is 2.45. The Labute approximate surface area is 136 Å². The summed E-state index contributed by atoms with van der Waals surface area (Å²) in [6, 6.07) is 15.8. The van der Waals surface area contributed by atoms with E-state index in [1.165, 1.54) is 23.1 Å². The summed E-state index contributed by atoms with van der Waals surface area (Å²) in [7, 11) is 0. The summed E-state index contributed by atoms with van der Waals surface area (Å²) in [6.07, 6.45) is 1.10. The molecule has 0 N–H and O–H groups in total. The van der Waals surface area contributed by atoms with Crippen molar-refractivity contribution in [2.75, 3.05) is 0 Å². The maximum Gasteiger partial charge on any atom is -1.00 e. The van der Waals surface area contributed by atoms with Crippen molar-refractivity contribution in [2.24, 2.45) is 0 Å². The number of halogens is 2. The topological polar surface area (TPSA) is 0 Å². The molecule has 19 heavy (non-hydrogen) atoms. The van der Waals surface area contributed by atoms with E-state index in [4.69, 9.17) is 0 Å². The summed E-state index contributed by atoms with van der Waals surface area (Å²) in [6.45, 7) is 4.90. The van der Waals surface area contributed by atoms with Crippen LogP contribution in [0.15, 0.2) is 42.5 Å². The second-order valence-corrected chi connectivity index (χ2v) is 13.7. The van der Waals surface area contributed by atoms with Crippen molar-refractivity contribution in [3.8, 4) is 11.1 Å². The van der Waals surface area contributed by atoms with Gasteiger partial charge in [-0.15, -0.1) is 0 Å². The molecule has 0 bridgehead atoms. The van der Waals surface area contributed by atoms with Gasteiger partial charge in [0.05, 0.1) is 0 Å². The zero-order valence-corrected chi connectivity index (χ0v) is 15.1. The molecule has 0 heterocycles. The Morgan fingerprint density at radius 1 is 0.895 bits per heavy atom. The van der Waals surface area contributed by atoms with E-state index in [1.54, 1.807) is 9.43 Å². The molecule has 0 atom stereocenters. The van der Waals surface area contributed by atoms with Crippen LogP contribution in [0.1, 0.15) is 11.1 Å². The van der Waals surface area contributed by atoms with E-state index in [0.29, 0.717) is 0 Å². The van der Waals surface area contributed by atoms with Gasteiger partial charge in [0, 0.05) is 0 Å². The second kappa shape index (κ2) is 7.10. The molecule has 0 saturated heterocycles. The van der Waals surface area contributed by atoms with Crippen molar-refractivity contribution < 1.29 is 42.7 Å². The minimum Gasteiger partial charge on any atom is -1.00 e. The third kappa shape index (κ3) is 3.35. The van der Waals surface area contributed by atoms with Crippen LogP contribution < -0.4 is 28.7 Å². The fourth-order valence-corrected chi connectivity index (χ4v) is 7.44. The quantitative estimate of drug-likeness (QED) is 0.420. The first-order chi connectivity index (χ1) is 8.25. The van der Waals surface area contributed by atoms with E-state index in [0.717, 1.165) is 0 Å². The Morgan fingerprint density at radius 2 is 1.58 bits per heavy atom. The van der Waals surface area contributed by atoms with Crippen molar-refractivity contribution in [3.63, 3.8) is 0 Å². The zero-order chi connectivity index (χ0) is 11.8. The molecule has 0 amide bonds. The fourth-order valence-electron chi connectivity index (χ4n) is 2.54. The van der Waals surface area contributed by atoms with E-state index >= 15 is 0 Å². The first-order valence-electron chi connectivity index (χ1n) is 6.03. The van der Waals surface area contributed by atoms with Gasteiger partial charge < -0.3 is 24.8 Å². The third-order valence-electron chi connectivity index (χ3n) is 3.24. The summed E-state index contributed by atoms with van der Waals surface area (Å²) in [5.74, 6) is 0. The predicted molar refractivity (Wildman–Crippen MR) is 71.8 cm³/mol. The van der Waals surface area contributed by atoms with Gasteiger partial charge in [-0.05, 0) is 0 Å². The molecule has 2 aromatic rings. The molecule has 0 fully saturated rings. The third-order valence-corrected chi connectivity index (χ3v) is 8.34. The average Bonchev–Trinajstić information content (AvgIpc) is 2.68. The number of benzene rings is 2. The van der Waals surface area contributed by atoms with E-state index in [2.05, 4.69) is 55.6 Å². The van der Waals surface area contributed by atoms with E-state index in [9.17, 15) is 0 Å². The van der Waals surface area contributed by atoms with Gasteiger partial charge >= 0.3 is 112 Å². The first-order valence-corrected chi connectivity index (χ1v) is 11.7. The van der Waals surface area contributed by atoms with Crippen LogP contribution in [0.25, 0.3) is 11.1 Å². The predicted octanol–water partition coefficient (Wildman–Crippen LogP) is -2.78. The minimum atomic E-state index is -0.0693. The Hall–Kier alpha value is -0.0488. The van der Waals surface area contributed by atoms with Crippen LogP contribution in [0.4, 0.5) is 0 Å². The Bertz CT molecular complexity index is 619. The Balaban J connectivity index is 0.000000902. The molecule has 0 spiro atoms. The molecule has 97 valence electrons. The normalized spacial score (nSPS) is 10.4. The van der Waals surface area contributed by atoms with E-state index in [-0.39, 0.29) is 48.9 Å². The van der Waals surface area contributed by atoms with Crippen LogP contribution in [-0.2, 0) is 24.3 Å². The van der Waals surface area contributed by atoms with Crippen molar-refractivity contribution in [2.45, 2.75) is 19.5 Å². The molecular formula is C15H15Cl2SiTi. The first kappa shape index (κ1) is 17.0. The smallest absolute Gasteiger partial charge is 1.00 e. The molecule has 2 aromatic carbocycles. The SMILES string of the molecule is C[Si](C)=[Ti+2][c]1cccc2c1Cc1ccccc1-2.[Cl-].[Cl-]. The van der Waals surface area contributed by atoms with Crippen LogP contribution in [-0.4, -0.2) is 6.19 Å². The van der Waals surface area contributed by atoms with Crippen molar-refractivity contribution in [1.82, 2.24) is 0 Å². The molecule has 1 aliphatic rings. The maximum atomic E-state index is 2.45. The largest absolute Gasteiger partial charge is 1.00 e. The summed E-state index contributed by atoms with van der Waals surface area (Å²) < 4.78 is 1.71. The molecule has 3 rings (SSSR count). The van der Waals surface area contributed by atoms with Crippen molar-refractivity contribution >= 4 is 10.1 Å². The van der Waals surface area contributed by atoms with Gasteiger partial charge in [-0.3, -0.25) is 0 Å². The molecule has 0 aliphatic heterocycles. The van der Waals surface area contributed by atoms with Gasteiger partial charge in [0.25, 0.3) is 0 Å². The Kier molecular flexibility index (Phi) is 6.36. The van der Waals surface area contributed by atoms with Crippen LogP contribution in [0.2, 0.25) is 13.1 Å². The van der Waals surface area contributed by atoms with Gasteiger partial charge in [-0.1, -0.05) is 0 Å². The average molecular weight is 342 g/mol. The summed E-state index contributed by atoms with van der Waals surface area (Å²) in [5.41, 5.74) is 6.13. The van der Waals surface area contributed by atoms with Gasteiger partial charge in [0.2, 0.25) is 0 Å². The molecule has 0 unspecified atom stereocenters. The molecule has 0 radical (unpaired) electrons. The fraction of sp³-hybridized carbons (Fsp3) is 0.200. The molecular weight excluding hydrogens is 327 g/mol. The Morgan fingerprint density at radius 3 is 2.32 bits per heavy atom.